The van der Waals surface area contributed by atoms with E-state index in [1.54, 1.807) is 0 Å². The summed E-state index contributed by atoms with van der Waals surface area (Å²) in [6.45, 7) is 4.03. The van der Waals surface area contributed by atoms with Gasteiger partial charge in [-0.25, -0.2) is 4.79 Å². The highest BCUT2D eigenvalue weighted by atomic mass is 16.5. The summed E-state index contributed by atoms with van der Waals surface area (Å²) in [7, 11) is 3.57. The fourth-order valence-corrected chi connectivity index (χ4v) is 3.02. The minimum Gasteiger partial charge on any atom is -0.465 e. The maximum absolute atomic E-state index is 11.8. The number of carbonyl (C=O) groups is 1. The quantitative estimate of drug-likeness (QED) is 0.780. The van der Waals surface area contributed by atoms with Crippen molar-refractivity contribution in [2.45, 2.75) is 45.6 Å². The molecule has 0 aromatic heterocycles. The molecule has 1 fully saturated rings. The van der Waals surface area contributed by atoms with Crippen LogP contribution in [0.5, 0.6) is 0 Å². The Hall–Kier alpha value is -1.51. The molecule has 0 atom stereocenters. The normalized spacial score (nSPS) is 15.6. The van der Waals surface area contributed by atoms with Gasteiger partial charge in [0.05, 0.1) is 12.7 Å². The highest BCUT2D eigenvalue weighted by Gasteiger charge is 2.23. The highest BCUT2D eigenvalue weighted by Crippen LogP contribution is 2.31. The topological polar surface area (TPSA) is 29.5 Å². The summed E-state index contributed by atoms with van der Waals surface area (Å²) < 4.78 is 4.87. The van der Waals surface area contributed by atoms with Gasteiger partial charge in [0, 0.05) is 18.8 Å². The summed E-state index contributed by atoms with van der Waals surface area (Å²) in [5.74, 6) is -0.248. The largest absolute Gasteiger partial charge is 0.465 e. The minimum atomic E-state index is -0.248. The molecular formula is C16H23NO2. The fraction of sp³-hybridized carbons (Fsp3) is 0.562. The lowest BCUT2D eigenvalue weighted by molar-refractivity contribution is 0.0600. The summed E-state index contributed by atoms with van der Waals surface area (Å²) in [5.41, 5.74) is 3.97. The number of aryl methyl sites for hydroxylation is 1. The third-order valence-corrected chi connectivity index (χ3v) is 4.18. The molecule has 3 nitrogen and oxygen atoms in total. The van der Waals surface area contributed by atoms with E-state index in [-0.39, 0.29) is 5.97 Å². The Balaban J connectivity index is 2.39. The molecule has 0 radical (unpaired) electrons. The summed E-state index contributed by atoms with van der Waals surface area (Å²) in [6.07, 6.45) is 5.11. The van der Waals surface area contributed by atoms with Crippen LogP contribution in [0.1, 0.15) is 47.2 Å². The molecule has 0 aliphatic heterocycles. The predicted octanol–water partition coefficient (Wildman–Crippen LogP) is 3.47. The maximum atomic E-state index is 11.8. The number of hydrogen-bond donors (Lipinski definition) is 0. The molecule has 0 spiro atoms. The van der Waals surface area contributed by atoms with Gasteiger partial charge < -0.3 is 9.64 Å². The molecule has 19 heavy (non-hydrogen) atoms. The number of esters is 1. The minimum absolute atomic E-state index is 0.248. The van der Waals surface area contributed by atoms with Crippen LogP contribution < -0.4 is 4.90 Å². The number of anilines is 1. The third kappa shape index (κ3) is 2.75. The van der Waals surface area contributed by atoms with E-state index in [0.717, 1.165) is 16.8 Å². The Bertz CT molecular complexity index is 476. The first-order valence-corrected chi connectivity index (χ1v) is 6.97. The molecule has 2 rings (SSSR count). The molecule has 1 aromatic rings. The Labute approximate surface area is 115 Å². The van der Waals surface area contributed by atoms with Crippen molar-refractivity contribution in [1.29, 1.82) is 0 Å². The van der Waals surface area contributed by atoms with Gasteiger partial charge in [-0.15, -0.1) is 0 Å². The van der Waals surface area contributed by atoms with Crippen LogP contribution in [0.15, 0.2) is 12.1 Å². The Morgan fingerprint density at radius 3 is 2.47 bits per heavy atom. The van der Waals surface area contributed by atoms with Crippen molar-refractivity contribution in [2.75, 3.05) is 19.1 Å². The first kappa shape index (κ1) is 13.9. The van der Waals surface area contributed by atoms with Crippen molar-refractivity contribution in [3.63, 3.8) is 0 Å². The van der Waals surface area contributed by atoms with Gasteiger partial charge in [-0.3, -0.25) is 0 Å². The second kappa shape index (κ2) is 5.64. The number of nitrogens with zero attached hydrogens (tertiary/aromatic N) is 1. The Kier molecular flexibility index (Phi) is 4.13. The van der Waals surface area contributed by atoms with Crippen LogP contribution in [-0.2, 0) is 4.74 Å². The maximum Gasteiger partial charge on any atom is 0.338 e. The van der Waals surface area contributed by atoms with Crippen molar-refractivity contribution < 1.29 is 9.53 Å². The van der Waals surface area contributed by atoms with Crippen molar-refractivity contribution in [2.24, 2.45) is 0 Å². The van der Waals surface area contributed by atoms with Gasteiger partial charge in [-0.05, 0) is 49.9 Å². The zero-order valence-corrected chi connectivity index (χ0v) is 12.3. The van der Waals surface area contributed by atoms with Gasteiger partial charge in [0.25, 0.3) is 0 Å². The zero-order chi connectivity index (χ0) is 14.0. The van der Waals surface area contributed by atoms with Crippen LogP contribution in [0.4, 0.5) is 5.69 Å². The van der Waals surface area contributed by atoms with E-state index in [0.29, 0.717) is 11.6 Å². The summed E-state index contributed by atoms with van der Waals surface area (Å²) in [6, 6.07) is 4.68. The molecule has 3 heteroatoms. The Morgan fingerprint density at radius 1 is 1.26 bits per heavy atom. The molecule has 0 bridgehead atoms. The van der Waals surface area contributed by atoms with Crippen molar-refractivity contribution in [3.8, 4) is 0 Å². The number of ether oxygens (including phenoxy) is 1. The smallest absolute Gasteiger partial charge is 0.338 e. The van der Waals surface area contributed by atoms with Crippen molar-refractivity contribution in [3.05, 3.63) is 28.8 Å². The van der Waals surface area contributed by atoms with E-state index >= 15 is 0 Å². The second-order valence-electron chi connectivity index (χ2n) is 5.50. The average molecular weight is 261 g/mol. The lowest BCUT2D eigenvalue weighted by atomic mass is 10.0. The lowest BCUT2D eigenvalue weighted by Gasteiger charge is -2.29. The number of methoxy groups -OCH3 is 1. The molecule has 1 aliphatic carbocycles. The van der Waals surface area contributed by atoms with E-state index in [9.17, 15) is 4.79 Å². The van der Waals surface area contributed by atoms with E-state index in [1.165, 1.54) is 32.8 Å². The molecule has 0 unspecified atom stereocenters. The van der Waals surface area contributed by atoms with Gasteiger partial charge in [0.2, 0.25) is 0 Å². The molecule has 0 amide bonds. The molecular weight excluding hydrogens is 238 g/mol. The summed E-state index contributed by atoms with van der Waals surface area (Å²) in [5, 5.41) is 0. The van der Waals surface area contributed by atoms with E-state index < -0.39 is 0 Å². The van der Waals surface area contributed by atoms with Crippen LogP contribution in [0.3, 0.4) is 0 Å². The van der Waals surface area contributed by atoms with Gasteiger partial charge >= 0.3 is 5.97 Å². The van der Waals surface area contributed by atoms with E-state index in [1.807, 2.05) is 19.9 Å². The predicted molar refractivity (Wildman–Crippen MR) is 77.9 cm³/mol. The molecule has 104 valence electrons. The number of benzene rings is 1. The number of hydrogen-bond acceptors (Lipinski definition) is 3. The highest BCUT2D eigenvalue weighted by molar-refractivity contribution is 5.93. The van der Waals surface area contributed by atoms with Gasteiger partial charge in [0.15, 0.2) is 0 Å². The third-order valence-electron chi connectivity index (χ3n) is 4.18. The number of rotatable bonds is 3. The monoisotopic (exact) mass is 261 g/mol. The molecule has 0 heterocycles. The van der Waals surface area contributed by atoms with Crippen molar-refractivity contribution >= 4 is 11.7 Å². The van der Waals surface area contributed by atoms with Crippen LogP contribution >= 0.6 is 0 Å². The zero-order valence-electron chi connectivity index (χ0n) is 12.3. The molecule has 0 saturated heterocycles. The van der Waals surface area contributed by atoms with Crippen LogP contribution in [0.25, 0.3) is 0 Å². The first-order chi connectivity index (χ1) is 9.04. The molecule has 1 saturated carbocycles. The molecule has 1 aromatic carbocycles. The van der Waals surface area contributed by atoms with Gasteiger partial charge in [-0.1, -0.05) is 12.8 Å². The standard InChI is InChI=1S/C16H23NO2/c1-11-9-14(16(18)19-4)12(2)15(10-11)17(3)13-7-5-6-8-13/h9-10,13H,5-8H2,1-4H3. The fourth-order valence-electron chi connectivity index (χ4n) is 3.02. The van der Waals surface area contributed by atoms with Crippen LogP contribution in [0.2, 0.25) is 0 Å². The lowest BCUT2D eigenvalue weighted by Crippen LogP contribution is -2.30. The van der Waals surface area contributed by atoms with Gasteiger partial charge in [0.1, 0.15) is 0 Å². The van der Waals surface area contributed by atoms with Gasteiger partial charge in [-0.2, -0.15) is 0 Å². The summed E-state index contributed by atoms with van der Waals surface area (Å²) in [4.78, 5) is 14.2. The number of carbonyl (C=O) groups excluding carboxylic acids is 1. The Morgan fingerprint density at radius 2 is 1.89 bits per heavy atom. The van der Waals surface area contributed by atoms with Crippen molar-refractivity contribution in [1.82, 2.24) is 0 Å². The first-order valence-electron chi connectivity index (χ1n) is 6.97. The summed E-state index contributed by atoms with van der Waals surface area (Å²) >= 11 is 0. The average Bonchev–Trinajstić information content (AvgIpc) is 2.93. The molecule has 1 aliphatic rings. The SMILES string of the molecule is COC(=O)c1cc(C)cc(N(C)C2CCCC2)c1C. The second-order valence-corrected chi connectivity index (χ2v) is 5.50. The van der Waals surface area contributed by atoms with E-state index in [2.05, 4.69) is 18.0 Å². The molecule has 0 N–H and O–H groups in total. The van der Waals surface area contributed by atoms with E-state index in [4.69, 9.17) is 4.74 Å². The van der Waals surface area contributed by atoms with Crippen LogP contribution in [-0.4, -0.2) is 26.2 Å². The van der Waals surface area contributed by atoms with Crippen LogP contribution in [0, 0.1) is 13.8 Å².